The van der Waals surface area contributed by atoms with Crippen LogP contribution < -0.4 is 15.8 Å². The number of fused-ring (bicyclic) bond motifs is 4. The van der Waals surface area contributed by atoms with Crippen molar-refractivity contribution in [1.29, 1.82) is 0 Å². The van der Waals surface area contributed by atoms with Crippen molar-refractivity contribution in [2.45, 2.75) is 51.0 Å². The maximum absolute atomic E-state index is 12.8. The van der Waals surface area contributed by atoms with Gasteiger partial charge in [-0.15, -0.1) is 4.40 Å². The van der Waals surface area contributed by atoms with Crippen LogP contribution in [0.15, 0.2) is 45.7 Å². The first-order valence-electron chi connectivity index (χ1n) is 11.6. The molecule has 2 amide bonds. The molecule has 0 atom stereocenters. The first-order chi connectivity index (χ1) is 16.8. The van der Waals surface area contributed by atoms with Crippen molar-refractivity contribution in [3.05, 3.63) is 53.3 Å². The van der Waals surface area contributed by atoms with Gasteiger partial charge in [-0.1, -0.05) is 6.42 Å². The van der Waals surface area contributed by atoms with Gasteiger partial charge in [0.15, 0.2) is 0 Å². The Morgan fingerprint density at radius 3 is 2.46 bits per heavy atom. The first-order valence-corrected chi connectivity index (χ1v) is 13.1. The number of carbonyl (C=O) groups excluding carboxylic acids is 2. The molecule has 3 aromatic rings. The number of rotatable bonds is 3. The van der Waals surface area contributed by atoms with Crippen LogP contribution in [0.5, 0.6) is 0 Å². The van der Waals surface area contributed by atoms with E-state index in [1.54, 1.807) is 24.3 Å². The molecule has 2 N–H and O–H groups in total. The van der Waals surface area contributed by atoms with Crippen LogP contribution in [0, 0.1) is 6.92 Å². The van der Waals surface area contributed by atoms with Gasteiger partial charge in [0, 0.05) is 30.6 Å². The SMILES string of the molecule is CCn1c(C)nc2cc(C(=O)NNC(=O)c3ccc4c(c3)S(=O)(=O)N=C3CCCCCN34)ccc21. The Bertz CT molecular complexity index is 1490. The predicted octanol–water partition coefficient (Wildman–Crippen LogP) is 2.92. The van der Waals surface area contributed by atoms with Crippen molar-refractivity contribution in [2.75, 3.05) is 11.4 Å². The summed E-state index contributed by atoms with van der Waals surface area (Å²) in [6, 6.07) is 9.64. The first kappa shape index (κ1) is 23.0. The summed E-state index contributed by atoms with van der Waals surface area (Å²) in [7, 11) is -3.91. The zero-order chi connectivity index (χ0) is 24.7. The number of nitrogens with zero attached hydrogens (tertiary/aromatic N) is 4. The van der Waals surface area contributed by atoms with Gasteiger partial charge in [-0.25, -0.2) is 4.98 Å². The van der Waals surface area contributed by atoms with Crippen LogP contribution in [0.2, 0.25) is 0 Å². The molecule has 0 unspecified atom stereocenters. The Morgan fingerprint density at radius 1 is 1.00 bits per heavy atom. The molecule has 0 radical (unpaired) electrons. The van der Waals surface area contributed by atoms with Crippen molar-refractivity contribution < 1.29 is 18.0 Å². The van der Waals surface area contributed by atoms with Gasteiger partial charge in [0.25, 0.3) is 21.8 Å². The molecule has 5 rings (SSSR count). The molecule has 0 spiro atoms. The molecule has 1 saturated heterocycles. The minimum Gasteiger partial charge on any atom is -0.329 e. The van der Waals surface area contributed by atoms with Crippen molar-refractivity contribution in [3.8, 4) is 0 Å². The lowest BCUT2D eigenvalue weighted by atomic mass is 10.1. The number of hydrogen-bond acceptors (Lipinski definition) is 6. The van der Waals surface area contributed by atoms with Crippen molar-refractivity contribution >= 4 is 44.4 Å². The van der Waals surface area contributed by atoms with Crippen LogP contribution in [0.1, 0.15) is 59.1 Å². The number of nitrogens with one attached hydrogen (secondary N) is 2. The molecule has 3 heterocycles. The molecule has 1 fully saturated rings. The molecule has 1 aromatic heterocycles. The fourth-order valence-corrected chi connectivity index (χ4v) is 5.95. The van der Waals surface area contributed by atoms with E-state index in [-0.39, 0.29) is 10.5 Å². The number of hydrazine groups is 1. The lowest BCUT2D eigenvalue weighted by Crippen LogP contribution is -2.41. The highest BCUT2D eigenvalue weighted by Crippen LogP contribution is 2.35. The fraction of sp³-hybridized carbons (Fsp3) is 0.333. The third-order valence-corrected chi connectivity index (χ3v) is 7.75. The zero-order valence-electron chi connectivity index (χ0n) is 19.5. The maximum Gasteiger partial charge on any atom is 0.286 e. The van der Waals surface area contributed by atoms with E-state index < -0.39 is 21.8 Å². The number of amidine groups is 1. The Hall–Kier alpha value is -3.73. The Labute approximate surface area is 203 Å². The maximum atomic E-state index is 12.8. The molecule has 2 aliphatic heterocycles. The third-order valence-electron chi connectivity index (χ3n) is 6.42. The second-order valence-electron chi connectivity index (χ2n) is 8.64. The number of benzene rings is 2. The van der Waals surface area contributed by atoms with E-state index in [9.17, 15) is 18.0 Å². The van der Waals surface area contributed by atoms with Crippen LogP contribution in [0.4, 0.5) is 5.69 Å². The van der Waals surface area contributed by atoms with E-state index in [1.807, 2.05) is 29.4 Å². The van der Waals surface area contributed by atoms with Crippen LogP contribution in [0.25, 0.3) is 11.0 Å². The van der Waals surface area contributed by atoms with E-state index in [0.29, 0.717) is 35.6 Å². The highest BCUT2D eigenvalue weighted by atomic mass is 32.2. The van der Waals surface area contributed by atoms with Gasteiger partial charge < -0.3 is 9.47 Å². The van der Waals surface area contributed by atoms with Gasteiger partial charge in [-0.05, 0) is 63.1 Å². The van der Waals surface area contributed by atoms with E-state index >= 15 is 0 Å². The third kappa shape index (κ3) is 4.16. The lowest BCUT2D eigenvalue weighted by molar-refractivity contribution is 0.0846. The molecule has 0 bridgehead atoms. The standard InChI is InChI=1S/C24H26N6O4S/c1-3-29-15(2)25-18-13-16(8-10-19(18)29)23(31)26-27-24(32)17-9-11-20-21(14-17)35(33,34)28-22-7-5-4-6-12-30(20)22/h8-11,13-14H,3-7,12H2,1-2H3,(H,26,31)(H,27,32). The van der Waals surface area contributed by atoms with Crippen LogP contribution in [0.3, 0.4) is 0 Å². The van der Waals surface area contributed by atoms with Crippen LogP contribution >= 0.6 is 0 Å². The summed E-state index contributed by atoms with van der Waals surface area (Å²) in [5, 5.41) is 0. The lowest BCUT2D eigenvalue weighted by Gasteiger charge is -2.29. The summed E-state index contributed by atoms with van der Waals surface area (Å²) in [6.07, 6.45) is 3.46. The van der Waals surface area contributed by atoms with E-state index in [2.05, 4.69) is 20.2 Å². The molecular weight excluding hydrogens is 468 g/mol. The van der Waals surface area contributed by atoms with Crippen LogP contribution in [-0.4, -0.2) is 42.2 Å². The summed E-state index contributed by atoms with van der Waals surface area (Å²) in [6.45, 7) is 5.38. The average Bonchev–Trinajstić information content (AvgIpc) is 2.98. The van der Waals surface area contributed by atoms with E-state index in [0.717, 1.165) is 37.1 Å². The number of carbonyl (C=O) groups is 2. The summed E-state index contributed by atoms with van der Waals surface area (Å²) in [5.41, 5.74) is 7.36. The quantitative estimate of drug-likeness (QED) is 0.539. The van der Waals surface area contributed by atoms with E-state index in [1.165, 1.54) is 6.07 Å². The highest BCUT2D eigenvalue weighted by Gasteiger charge is 2.32. The normalized spacial score (nSPS) is 16.6. The van der Waals surface area contributed by atoms with Gasteiger partial charge in [0.2, 0.25) is 0 Å². The number of sulfonamides is 1. The van der Waals surface area contributed by atoms with Crippen molar-refractivity contribution in [3.63, 3.8) is 0 Å². The Kier molecular flexibility index (Phi) is 5.79. The smallest absolute Gasteiger partial charge is 0.286 e. The fourth-order valence-electron chi connectivity index (χ4n) is 4.67. The predicted molar refractivity (Wildman–Crippen MR) is 132 cm³/mol. The van der Waals surface area contributed by atoms with Gasteiger partial charge >= 0.3 is 0 Å². The minimum absolute atomic E-state index is 0.00513. The summed E-state index contributed by atoms with van der Waals surface area (Å²) >= 11 is 0. The monoisotopic (exact) mass is 494 g/mol. The summed E-state index contributed by atoms with van der Waals surface area (Å²) in [4.78, 5) is 31.8. The molecule has 0 saturated carbocycles. The number of anilines is 1. The second kappa shape index (κ2) is 8.81. The van der Waals surface area contributed by atoms with Crippen LogP contribution in [-0.2, 0) is 16.6 Å². The molecule has 2 aliphatic rings. The minimum atomic E-state index is -3.91. The topological polar surface area (TPSA) is 126 Å². The van der Waals surface area contributed by atoms with Gasteiger partial charge in [-0.3, -0.25) is 20.4 Å². The van der Waals surface area contributed by atoms with Gasteiger partial charge in [-0.2, -0.15) is 8.42 Å². The van der Waals surface area contributed by atoms with Gasteiger partial charge in [0.05, 0.1) is 16.7 Å². The number of hydrogen-bond donors (Lipinski definition) is 2. The Balaban J connectivity index is 1.33. The molecule has 0 aliphatic carbocycles. The van der Waals surface area contributed by atoms with E-state index in [4.69, 9.17) is 0 Å². The van der Waals surface area contributed by atoms with Crippen molar-refractivity contribution in [2.24, 2.45) is 4.40 Å². The molecule has 10 nitrogen and oxygen atoms in total. The summed E-state index contributed by atoms with van der Waals surface area (Å²) in [5.74, 6) is 0.269. The zero-order valence-corrected chi connectivity index (χ0v) is 20.4. The number of amides is 2. The Morgan fingerprint density at radius 2 is 1.71 bits per heavy atom. The molecule has 2 aromatic carbocycles. The summed E-state index contributed by atoms with van der Waals surface area (Å²) < 4.78 is 31.6. The number of imidazole rings is 1. The molecular formula is C24H26N6O4S. The van der Waals surface area contributed by atoms with Gasteiger partial charge in [0.1, 0.15) is 16.6 Å². The van der Waals surface area contributed by atoms with Crippen molar-refractivity contribution in [1.82, 2.24) is 20.4 Å². The number of aryl methyl sites for hydroxylation is 2. The molecule has 35 heavy (non-hydrogen) atoms. The number of aromatic nitrogens is 2. The largest absolute Gasteiger partial charge is 0.329 e. The average molecular weight is 495 g/mol. The second-order valence-corrected chi connectivity index (χ2v) is 10.2. The molecule has 182 valence electrons. The molecule has 11 heteroatoms. The highest BCUT2D eigenvalue weighted by molar-refractivity contribution is 7.90.